The second kappa shape index (κ2) is 9.43. The zero-order valence-corrected chi connectivity index (χ0v) is 19.7. The fourth-order valence-electron chi connectivity index (χ4n) is 3.72. The zero-order valence-electron chi connectivity index (χ0n) is 18.1. The smallest absolute Gasteiger partial charge is 0.263 e. The monoisotopic (exact) mass is 498 g/mol. The van der Waals surface area contributed by atoms with Gasteiger partial charge in [-0.3, -0.25) is 14.5 Å². The number of carbonyl (C=O) groups is 1. The third kappa shape index (κ3) is 4.75. The molecule has 176 valence electrons. The number of rotatable bonds is 8. The Morgan fingerprint density at radius 3 is 2.88 bits per heavy atom. The van der Waals surface area contributed by atoms with Crippen LogP contribution in [0.2, 0.25) is 0 Å². The third-order valence-electron chi connectivity index (χ3n) is 5.41. The van der Waals surface area contributed by atoms with Crippen molar-refractivity contribution in [3.63, 3.8) is 0 Å². The van der Waals surface area contributed by atoms with Crippen molar-refractivity contribution in [2.75, 3.05) is 18.7 Å². The van der Waals surface area contributed by atoms with Crippen molar-refractivity contribution < 1.29 is 22.7 Å². The van der Waals surface area contributed by atoms with Gasteiger partial charge in [-0.05, 0) is 43.2 Å². The fourth-order valence-corrected chi connectivity index (χ4v) is 5.70. The third-order valence-corrected chi connectivity index (χ3v) is 7.57. The Bertz CT molecular complexity index is 1370. The number of unbranched alkanes of at least 4 members (excludes halogenated alkanes) is 2. The first kappa shape index (κ1) is 22.4. The normalized spacial score (nSPS) is 16.3. The van der Waals surface area contributed by atoms with E-state index in [0.717, 1.165) is 24.1 Å². The highest BCUT2D eigenvalue weighted by Crippen LogP contribution is 2.36. The molecule has 11 heteroatoms. The number of benzene rings is 2. The number of carbonyl (C=O) groups excluding carboxylic acids is 1. The second-order valence-electron chi connectivity index (χ2n) is 7.80. The van der Waals surface area contributed by atoms with Gasteiger partial charge in [0, 0.05) is 29.5 Å². The molecule has 2 aromatic carbocycles. The van der Waals surface area contributed by atoms with Gasteiger partial charge in [0.25, 0.3) is 10.0 Å². The van der Waals surface area contributed by atoms with Crippen LogP contribution in [0.5, 0.6) is 11.5 Å². The van der Waals surface area contributed by atoms with Crippen LogP contribution in [0, 0.1) is 0 Å². The molecule has 9 nitrogen and oxygen atoms in total. The summed E-state index contributed by atoms with van der Waals surface area (Å²) in [6.45, 7) is 0.705. The van der Waals surface area contributed by atoms with Gasteiger partial charge in [0.1, 0.15) is 5.84 Å². The molecule has 0 radical (unpaired) electrons. The summed E-state index contributed by atoms with van der Waals surface area (Å²) in [4.78, 5) is 21.4. The molecule has 0 fully saturated rings. The molecule has 5 rings (SSSR count). The highest BCUT2D eigenvalue weighted by Gasteiger charge is 2.29. The minimum Gasteiger partial charge on any atom is -0.454 e. The standard InChI is InChI=1S/C23H22N4O5S2/c28-21(26-23-25-17(13-33-23)15-9-10-18-19(12-15)32-14-31-18)8-2-1-5-11-24-22-16-6-3-4-7-20(16)34(29,30)27-22/h3-4,6-7,9-10,12-13H,1-2,5,8,11,14H2,(H,24,27)(H,25,26,28). The largest absolute Gasteiger partial charge is 0.454 e. The molecule has 2 aliphatic heterocycles. The van der Waals surface area contributed by atoms with Gasteiger partial charge >= 0.3 is 0 Å². The van der Waals surface area contributed by atoms with Crippen molar-refractivity contribution in [3.8, 4) is 22.8 Å². The number of aromatic nitrogens is 1. The van der Waals surface area contributed by atoms with Crippen molar-refractivity contribution in [1.29, 1.82) is 0 Å². The molecule has 0 saturated heterocycles. The van der Waals surface area contributed by atoms with Crippen molar-refractivity contribution in [2.45, 2.75) is 30.6 Å². The topological polar surface area (TPSA) is 119 Å². The van der Waals surface area contributed by atoms with Gasteiger partial charge in [0.2, 0.25) is 12.7 Å². The summed E-state index contributed by atoms with van der Waals surface area (Å²) in [6, 6.07) is 12.4. The van der Waals surface area contributed by atoms with Crippen LogP contribution in [0.15, 0.2) is 57.7 Å². The molecule has 1 aromatic heterocycles. The van der Waals surface area contributed by atoms with Gasteiger partial charge in [-0.1, -0.05) is 18.6 Å². The number of thiazole rings is 1. The highest BCUT2D eigenvalue weighted by atomic mass is 32.2. The van der Waals surface area contributed by atoms with E-state index in [1.807, 2.05) is 23.6 Å². The predicted octanol–water partition coefficient (Wildman–Crippen LogP) is 3.78. The van der Waals surface area contributed by atoms with E-state index in [1.54, 1.807) is 24.3 Å². The summed E-state index contributed by atoms with van der Waals surface area (Å²) in [5, 5.41) is 5.29. The van der Waals surface area contributed by atoms with E-state index >= 15 is 0 Å². The lowest BCUT2D eigenvalue weighted by Gasteiger charge is -2.02. The molecule has 2 N–H and O–H groups in total. The number of nitrogens with one attached hydrogen (secondary N) is 2. The summed E-state index contributed by atoms with van der Waals surface area (Å²) in [5.74, 6) is 1.70. The minimum absolute atomic E-state index is 0.0876. The lowest BCUT2D eigenvalue weighted by Crippen LogP contribution is -2.22. The number of ether oxygens (including phenoxy) is 2. The van der Waals surface area contributed by atoms with Crippen molar-refractivity contribution in [2.24, 2.45) is 4.99 Å². The van der Waals surface area contributed by atoms with E-state index < -0.39 is 10.0 Å². The lowest BCUT2D eigenvalue weighted by molar-refractivity contribution is -0.116. The molecule has 3 heterocycles. The Hall–Kier alpha value is -3.44. The number of amides is 1. The Morgan fingerprint density at radius 2 is 1.97 bits per heavy atom. The van der Waals surface area contributed by atoms with Crippen molar-refractivity contribution in [3.05, 3.63) is 53.4 Å². The van der Waals surface area contributed by atoms with Gasteiger partial charge in [-0.25, -0.2) is 13.4 Å². The number of fused-ring (bicyclic) bond motifs is 2. The predicted molar refractivity (Wildman–Crippen MR) is 129 cm³/mol. The molecular formula is C23H22N4O5S2. The Labute approximate surface area is 200 Å². The fraction of sp³-hybridized carbons (Fsp3) is 0.261. The number of nitrogens with zero attached hydrogens (tertiary/aromatic N) is 2. The maximum absolute atomic E-state index is 12.3. The number of amidine groups is 1. The maximum atomic E-state index is 12.3. The second-order valence-corrected chi connectivity index (χ2v) is 10.3. The SMILES string of the molecule is O=C(CCCCCN=C1NS(=O)(=O)c2ccccc21)Nc1nc(-c2ccc3c(c2)OCO3)cs1. The van der Waals surface area contributed by atoms with Gasteiger partial charge in [-0.15, -0.1) is 11.3 Å². The average molecular weight is 499 g/mol. The van der Waals surface area contributed by atoms with Gasteiger partial charge < -0.3 is 14.8 Å². The van der Waals surface area contributed by atoms with Crippen molar-refractivity contribution >= 4 is 38.2 Å². The van der Waals surface area contributed by atoms with E-state index in [9.17, 15) is 13.2 Å². The number of hydrogen-bond donors (Lipinski definition) is 2. The van der Waals surface area contributed by atoms with Crippen molar-refractivity contribution in [1.82, 2.24) is 9.71 Å². The van der Waals surface area contributed by atoms with Crippen LogP contribution >= 0.6 is 11.3 Å². The van der Waals surface area contributed by atoms with Crippen LogP contribution < -0.4 is 19.5 Å². The van der Waals surface area contributed by atoms with Gasteiger partial charge in [0.05, 0.1) is 10.6 Å². The first-order chi connectivity index (χ1) is 16.5. The van der Waals surface area contributed by atoms with Crippen LogP contribution in [-0.2, 0) is 14.8 Å². The summed E-state index contributed by atoms with van der Waals surface area (Å²) in [7, 11) is -3.51. The van der Waals surface area contributed by atoms with Crippen LogP contribution in [0.1, 0.15) is 31.2 Å². The highest BCUT2D eigenvalue weighted by molar-refractivity contribution is 7.90. The van der Waals surface area contributed by atoms with E-state index in [1.165, 1.54) is 11.3 Å². The number of anilines is 1. The van der Waals surface area contributed by atoms with E-state index in [-0.39, 0.29) is 17.6 Å². The van der Waals surface area contributed by atoms with E-state index in [4.69, 9.17) is 9.47 Å². The first-order valence-electron chi connectivity index (χ1n) is 10.8. The number of aliphatic imine (C=N–C) groups is 1. The minimum atomic E-state index is -3.51. The molecular weight excluding hydrogens is 476 g/mol. The average Bonchev–Trinajstić information content (AvgIpc) is 3.54. The maximum Gasteiger partial charge on any atom is 0.263 e. The quantitative estimate of drug-likeness (QED) is 0.456. The Morgan fingerprint density at radius 1 is 1.12 bits per heavy atom. The molecule has 0 spiro atoms. The summed E-state index contributed by atoms with van der Waals surface area (Å²) in [5.41, 5.74) is 2.27. The van der Waals surface area contributed by atoms with Crippen LogP contribution in [0.3, 0.4) is 0 Å². The first-order valence-corrected chi connectivity index (χ1v) is 13.2. The molecule has 0 aliphatic carbocycles. The van der Waals surface area contributed by atoms with Crippen LogP contribution in [0.4, 0.5) is 5.13 Å². The molecule has 0 saturated carbocycles. The Balaban J connectivity index is 1.06. The van der Waals surface area contributed by atoms with Gasteiger partial charge in [0.15, 0.2) is 16.6 Å². The zero-order chi connectivity index (χ0) is 23.5. The summed E-state index contributed by atoms with van der Waals surface area (Å²) >= 11 is 1.37. The van der Waals surface area contributed by atoms with Gasteiger partial charge in [-0.2, -0.15) is 0 Å². The summed E-state index contributed by atoms with van der Waals surface area (Å²) in [6.07, 6.45) is 2.65. The number of hydrogen-bond acceptors (Lipinski definition) is 8. The van der Waals surface area contributed by atoms with Crippen LogP contribution in [-0.4, -0.2) is 38.5 Å². The lowest BCUT2D eigenvalue weighted by atomic mass is 10.1. The molecule has 0 atom stereocenters. The van der Waals surface area contributed by atoms with E-state index in [2.05, 4.69) is 20.0 Å². The van der Waals surface area contributed by atoms with E-state index in [0.29, 0.717) is 47.4 Å². The molecule has 2 aliphatic rings. The molecule has 3 aromatic rings. The number of sulfonamides is 1. The molecule has 0 bridgehead atoms. The molecule has 1 amide bonds. The van der Waals surface area contributed by atoms with Crippen LogP contribution in [0.25, 0.3) is 11.3 Å². The Kier molecular flexibility index (Phi) is 6.20. The summed E-state index contributed by atoms with van der Waals surface area (Å²) < 4.78 is 37.4. The molecule has 0 unspecified atom stereocenters. The molecule has 34 heavy (non-hydrogen) atoms.